The van der Waals surface area contributed by atoms with Crippen molar-refractivity contribution in [2.24, 2.45) is 0 Å². The van der Waals surface area contributed by atoms with Crippen LogP contribution in [0.15, 0.2) is 84.9 Å². The topological polar surface area (TPSA) is 45.3 Å². The Morgan fingerprint density at radius 3 is 2.52 bits per heavy atom. The standard InChI is InChI=1S/C27H24N2O2/c1-31-21-14-12-20(13-15-21)27-26-23(22-9-5-6-10-24(22)28-26)17-18-29(27)25(30)16-11-19-7-3-2-4-8-19/h2-16,27-28H,17-18H2,1H3/b16-11+/t27-/m1/s1. The van der Waals surface area contributed by atoms with Crippen LogP contribution in [-0.2, 0) is 11.2 Å². The van der Waals surface area contributed by atoms with Crippen molar-refractivity contribution < 1.29 is 9.53 Å². The maximum Gasteiger partial charge on any atom is 0.247 e. The minimum absolute atomic E-state index is 0.00831. The fraction of sp³-hybridized carbons (Fsp3) is 0.148. The van der Waals surface area contributed by atoms with Gasteiger partial charge in [0.1, 0.15) is 5.75 Å². The molecular formula is C27H24N2O2. The van der Waals surface area contributed by atoms with E-state index in [-0.39, 0.29) is 11.9 Å². The van der Waals surface area contributed by atoms with Gasteiger partial charge in [0.2, 0.25) is 5.91 Å². The summed E-state index contributed by atoms with van der Waals surface area (Å²) in [4.78, 5) is 18.9. The number of methoxy groups -OCH3 is 1. The molecule has 1 amide bonds. The molecule has 0 radical (unpaired) electrons. The van der Waals surface area contributed by atoms with Crippen molar-refractivity contribution in [3.63, 3.8) is 0 Å². The number of para-hydroxylation sites is 1. The highest BCUT2D eigenvalue weighted by Gasteiger charge is 2.33. The van der Waals surface area contributed by atoms with Gasteiger partial charge in [0.05, 0.1) is 13.2 Å². The third-order valence-electron chi connectivity index (χ3n) is 5.97. The quantitative estimate of drug-likeness (QED) is 0.462. The first-order chi connectivity index (χ1) is 15.2. The molecule has 31 heavy (non-hydrogen) atoms. The van der Waals surface area contributed by atoms with Crippen molar-refractivity contribution in [3.05, 3.63) is 107 Å². The summed E-state index contributed by atoms with van der Waals surface area (Å²) in [6, 6.07) is 26.1. The molecule has 5 rings (SSSR count). The summed E-state index contributed by atoms with van der Waals surface area (Å²) in [6.45, 7) is 0.670. The minimum atomic E-state index is -0.171. The molecule has 0 saturated heterocycles. The van der Waals surface area contributed by atoms with Gasteiger partial charge >= 0.3 is 0 Å². The van der Waals surface area contributed by atoms with E-state index in [1.165, 1.54) is 10.9 Å². The SMILES string of the molecule is COc1ccc([C@@H]2c3[nH]c4ccccc4c3CCN2C(=O)/C=C/c2ccccc2)cc1. The summed E-state index contributed by atoms with van der Waals surface area (Å²) < 4.78 is 5.34. The molecule has 1 aliphatic rings. The molecule has 2 heterocycles. The lowest BCUT2D eigenvalue weighted by Gasteiger charge is -2.35. The summed E-state index contributed by atoms with van der Waals surface area (Å²) in [6.07, 6.45) is 4.39. The van der Waals surface area contributed by atoms with Crippen molar-refractivity contribution in [1.29, 1.82) is 0 Å². The Hall–Kier alpha value is -3.79. The fourth-order valence-corrected chi connectivity index (χ4v) is 4.44. The zero-order valence-corrected chi connectivity index (χ0v) is 17.4. The third kappa shape index (κ3) is 3.61. The van der Waals surface area contributed by atoms with Gasteiger partial charge in [-0.25, -0.2) is 0 Å². The lowest BCUT2D eigenvalue weighted by atomic mass is 9.92. The lowest BCUT2D eigenvalue weighted by Crippen LogP contribution is -2.39. The number of nitrogens with zero attached hydrogens (tertiary/aromatic N) is 1. The fourth-order valence-electron chi connectivity index (χ4n) is 4.44. The first-order valence-corrected chi connectivity index (χ1v) is 10.5. The lowest BCUT2D eigenvalue weighted by molar-refractivity contribution is -0.128. The number of carbonyl (C=O) groups is 1. The van der Waals surface area contributed by atoms with Gasteiger partial charge in [0.15, 0.2) is 0 Å². The maximum absolute atomic E-state index is 13.3. The van der Waals surface area contributed by atoms with Gasteiger partial charge in [0, 0.05) is 29.2 Å². The normalized spacial score (nSPS) is 15.9. The Kier molecular flexibility index (Phi) is 5.04. The van der Waals surface area contributed by atoms with Gasteiger partial charge in [-0.05, 0) is 47.4 Å². The van der Waals surface area contributed by atoms with Crippen molar-refractivity contribution in [2.75, 3.05) is 13.7 Å². The molecule has 1 aliphatic heterocycles. The molecule has 0 aliphatic carbocycles. The smallest absolute Gasteiger partial charge is 0.247 e. The number of aromatic amines is 1. The number of nitrogens with one attached hydrogen (secondary N) is 1. The van der Waals surface area contributed by atoms with Crippen molar-refractivity contribution in [1.82, 2.24) is 9.88 Å². The van der Waals surface area contributed by atoms with Crippen LogP contribution in [0, 0.1) is 0 Å². The Morgan fingerprint density at radius 1 is 1.00 bits per heavy atom. The molecule has 4 aromatic rings. The zero-order chi connectivity index (χ0) is 21.2. The van der Waals surface area contributed by atoms with E-state index in [9.17, 15) is 4.79 Å². The van der Waals surface area contributed by atoms with Crippen LogP contribution < -0.4 is 4.74 Å². The van der Waals surface area contributed by atoms with Crippen LogP contribution in [0.5, 0.6) is 5.75 Å². The number of hydrogen-bond donors (Lipinski definition) is 1. The second-order valence-corrected chi connectivity index (χ2v) is 7.76. The van der Waals surface area contributed by atoms with E-state index in [0.29, 0.717) is 6.54 Å². The maximum atomic E-state index is 13.3. The summed E-state index contributed by atoms with van der Waals surface area (Å²) >= 11 is 0. The molecular weight excluding hydrogens is 384 g/mol. The van der Waals surface area contributed by atoms with Crippen LogP contribution in [0.2, 0.25) is 0 Å². The van der Waals surface area contributed by atoms with Crippen LogP contribution in [0.25, 0.3) is 17.0 Å². The Balaban J connectivity index is 1.56. The average molecular weight is 409 g/mol. The Morgan fingerprint density at radius 2 is 1.74 bits per heavy atom. The molecule has 4 nitrogen and oxygen atoms in total. The van der Waals surface area contributed by atoms with E-state index in [1.54, 1.807) is 13.2 Å². The van der Waals surface area contributed by atoms with Gasteiger partial charge in [-0.15, -0.1) is 0 Å². The van der Waals surface area contributed by atoms with Gasteiger partial charge < -0.3 is 14.6 Å². The number of H-pyrrole nitrogens is 1. The van der Waals surface area contributed by atoms with Crippen LogP contribution in [0.4, 0.5) is 0 Å². The summed E-state index contributed by atoms with van der Waals surface area (Å²) in [7, 11) is 1.66. The van der Waals surface area contributed by atoms with Gasteiger partial charge in [-0.3, -0.25) is 4.79 Å². The first-order valence-electron chi connectivity index (χ1n) is 10.5. The van der Waals surface area contributed by atoms with E-state index >= 15 is 0 Å². The van der Waals surface area contributed by atoms with E-state index < -0.39 is 0 Å². The van der Waals surface area contributed by atoms with E-state index in [1.807, 2.05) is 71.6 Å². The monoisotopic (exact) mass is 408 g/mol. The zero-order valence-electron chi connectivity index (χ0n) is 17.4. The second-order valence-electron chi connectivity index (χ2n) is 7.76. The second kappa shape index (κ2) is 8.15. The number of hydrogen-bond acceptors (Lipinski definition) is 2. The molecule has 1 atom stereocenters. The van der Waals surface area contributed by atoms with Gasteiger partial charge in [0.25, 0.3) is 0 Å². The van der Waals surface area contributed by atoms with Crippen molar-refractivity contribution in [3.8, 4) is 5.75 Å². The molecule has 4 heteroatoms. The number of amides is 1. The highest BCUT2D eigenvalue weighted by molar-refractivity contribution is 5.93. The van der Waals surface area contributed by atoms with Crippen molar-refractivity contribution in [2.45, 2.75) is 12.5 Å². The van der Waals surface area contributed by atoms with E-state index in [2.05, 4.69) is 23.2 Å². The predicted octanol–water partition coefficient (Wildman–Crippen LogP) is 5.36. The highest BCUT2D eigenvalue weighted by atomic mass is 16.5. The molecule has 1 N–H and O–H groups in total. The molecule has 0 fully saturated rings. The number of rotatable bonds is 4. The predicted molar refractivity (Wildman–Crippen MR) is 124 cm³/mol. The molecule has 0 saturated carbocycles. The third-order valence-corrected chi connectivity index (χ3v) is 5.97. The molecule has 0 unspecified atom stereocenters. The van der Waals surface area contributed by atoms with Crippen LogP contribution in [0.3, 0.4) is 0 Å². The van der Waals surface area contributed by atoms with Crippen molar-refractivity contribution >= 4 is 22.9 Å². The average Bonchev–Trinajstić information content (AvgIpc) is 3.21. The highest BCUT2D eigenvalue weighted by Crippen LogP contribution is 2.39. The number of fused-ring (bicyclic) bond motifs is 3. The number of aromatic nitrogens is 1. The molecule has 154 valence electrons. The molecule has 0 bridgehead atoms. The first kappa shape index (κ1) is 19.2. The summed E-state index contributed by atoms with van der Waals surface area (Å²) in [5.74, 6) is 0.812. The number of ether oxygens (including phenoxy) is 1. The molecule has 3 aromatic carbocycles. The van der Waals surface area contributed by atoms with Crippen LogP contribution in [-0.4, -0.2) is 29.4 Å². The summed E-state index contributed by atoms with van der Waals surface area (Å²) in [5, 5.41) is 1.24. The number of carbonyl (C=O) groups excluding carboxylic acids is 1. The molecule has 1 aromatic heterocycles. The van der Waals surface area contributed by atoms with Gasteiger partial charge in [-0.1, -0.05) is 60.7 Å². The Bertz CT molecular complexity index is 1240. The number of benzene rings is 3. The Labute approximate surface area is 181 Å². The van der Waals surface area contributed by atoms with Crippen LogP contribution >= 0.6 is 0 Å². The summed E-state index contributed by atoms with van der Waals surface area (Å²) in [5.41, 5.74) is 5.58. The minimum Gasteiger partial charge on any atom is -0.497 e. The van der Waals surface area contributed by atoms with E-state index in [4.69, 9.17) is 4.74 Å². The van der Waals surface area contributed by atoms with E-state index in [0.717, 1.165) is 34.5 Å². The largest absolute Gasteiger partial charge is 0.497 e. The molecule has 0 spiro atoms. The van der Waals surface area contributed by atoms with Crippen LogP contribution in [0.1, 0.15) is 28.4 Å². The van der Waals surface area contributed by atoms with Gasteiger partial charge in [-0.2, -0.15) is 0 Å².